The number of carbonyl (C=O) groups excluding carboxylic acids is 1. The SMILES string of the molecule is CCC1OC(=O)c2c1ccnc2OC. The lowest BCUT2D eigenvalue weighted by Gasteiger charge is -2.06. The molecular weight excluding hydrogens is 182 g/mol. The molecule has 1 atom stereocenters. The summed E-state index contributed by atoms with van der Waals surface area (Å²) in [5.74, 6) is 0.0141. The summed E-state index contributed by atoms with van der Waals surface area (Å²) in [6.45, 7) is 1.97. The summed E-state index contributed by atoms with van der Waals surface area (Å²) < 4.78 is 10.2. The van der Waals surface area contributed by atoms with Gasteiger partial charge in [0.1, 0.15) is 11.7 Å². The molecule has 1 aromatic heterocycles. The second-order valence-corrected chi connectivity index (χ2v) is 3.09. The number of aromatic nitrogens is 1. The van der Waals surface area contributed by atoms with E-state index in [0.29, 0.717) is 11.4 Å². The van der Waals surface area contributed by atoms with Crippen LogP contribution in [0.25, 0.3) is 0 Å². The third kappa shape index (κ3) is 1.14. The molecule has 0 spiro atoms. The topological polar surface area (TPSA) is 48.4 Å². The predicted molar refractivity (Wildman–Crippen MR) is 49.2 cm³/mol. The van der Waals surface area contributed by atoms with Crippen molar-refractivity contribution >= 4 is 5.97 Å². The van der Waals surface area contributed by atoms with E-state index in [9.17, 15) is 4.79 Å². The summed E-state index contributed by atoms with van der Waals surface area (Å²) in [6.07, 6.45) is 2.25. The average Bonchev–Trinajstić information content (AvgIpc) is 2.55. The summed E-state index contributed by atoms with van der Waals surface area (Å²) in [7, 11) is 1.50. The third-order valence-electron chi connectivity index (χ3n) is 2.31. The highest BCUT2D eigenvalue weighted by Gasteiger charge is 2.33. The average molecular weight is 193 g/mol. The molecule has 2 heterocycles. The summed E-state index contributed by atoms with van der Waals surface area (Å²) in [4.78, 5) is 15.4. The van der Waals surface area contributed by atoms with Crippen molar-refractivity contribution in [1.82, 2.24) is 4.98 Å². The van der Waals surface area contributed by atoms with Gasteiger partial charge in [-0.3, -0.25) is 0 Å². The van der Waals surface area contributed by atoms with Crippen LogP contribution in [0.15, 0.2) is 12.3 Å². The van der Waals surface area contributed by atoms with Crippen LogP contribution in [0.4, 0.5) is 0 Å². The molecule has 0 saturated carbocycles. The standard InChI is InChI=1S/C10H11NO3/c1-3-7-6-4-5-11-9(13-2)8(6)10(12)14-7/h4-5,7H,3H2,1-2H3. The third-order valence-corrected chi connectivity index (χ3v) is 2.31. The van der Waals surface area contributed by atoms with Gasteiger partial charge in [-0.15, -0.1) is 0 Å². The van der Waals surface area contributed by atoms with Crippen molar-refractivity contribution in [2.75, 3.05) is 7.11 Å². The van der Waals surface area contributed by atoms with Crippen molar-refractivity contribution in [3.05, 3.63) is 23.4 Å². The van der Waals surface area contributed by atoms with E-state index in [2.05, 4.69) is 4.98 Å². The van der Waals surface area contributed by atoms with E-state index < -0.39 is 0 Å². The normalized spacial score (nSPS) is 19.0. The maximum absolute atomic E-state index is 11.5. The van der Waals surface area contributed by atoms with Gasteiger partial charge in [0.25, 0.3) is 0 Å². The maximum Gasteiger partial charge on any atom is 0.344 e. The van der Waals surface area contributed by atoms with Gasteiger partial charge in [-0.2, -0.15) is 0 Å². The van der Waals surface area contributed by atoms with Gasteiger partial charge >= 0.3 is 5.97 Å². The molecule has 0 aliphatic carbocycles. The Morgan fingerprint density at radius 1 is 1.64 bits per heavy atom. The first kappa shape index (κ1) is 8.99. The van der Waals surface area contributed by atoms with E-state index >= 15 is 0 Å². The molecular formula is C10H11NO3. The lowest BCUT2D eigenvalue weighted by Crippen LogP contribution is -1.99. The minimum absolute atomic E-state index is 0.144. The van der Waals surface area contributed by atoms with Gasteiger partial charge in [0.05, 0.1) is 7.11 Å². The van der Waals surface area contributed by atoms with Crippen LogP contribution in [0.1, 0.15) is 35.4 Å². The molecule has 1 aliphatic rings. The molecule has 1 aliphatic heterocycles. The quantitative estimate of drug-likeness (QED) is 0.671. The van der Waals surface area contributed by atoms with E-state index in [0.717, 1.165) is 12.0 Å². The zero-order valence-corrected chi connectivity index (χ0v) is 8.11. The Morgan fingerprint density at radius 3 is 3.07 bits per heavy atom. The molecule has 74 valence electrons. The number of esters is 1. The van der Waals surface area contributed by atoms with Crippen LogP contribution in [-0.4, -0.2) is 18.1 Å². The highest BCUT2D eigenvalue weighted by atomic mass is 16.6. The second-order valence-electron chi connectivity index (χ2n) is 3.09. The number of fused-ring (bicyclic) bond motifs is 1. The van der Waals surface area contributed by atoms with Crippen LogP contribution < -0.4 is 4.74 Å². The molecule has 0 amide bonds. The van der Waals surface area contributed by atoms with Crippen LogP contribution in [0.5, 0.6) is 5.88 Å². The minimum Gasteiger partial charge on any atom is -0.480 e. The van der Waals surface area contributed by atoms with Crippen LogP contribution in [0.2, 0.25) is 0 Å². The Morgan fingerprint density at radius 2 is 2.43 bits per heavy atom. The number of nitrogens with zero attached hydrogens (tertiary/aromatic N) is 1. The number of cyclic esters (lactones) is 1. The smallest absolute Gasteiger partial charge is 0.344 e. The van der Waals surface area contributed by atoms with Gasteiger partial charge in [0.2, 0.25) is 5.88 Å². The van der Waals surface area contributed by atoms with E-state index in [4.69, 9.17) is 9.47 Å². The second kappa shape index (κ2) is 3.29. The Bertz CT molecular complexity index is 376. The Hall–Kier alpha value is -1.58. The Kier molecular flexibility index (Phi) is 2.11. The zero-order valence-electron chi connectivity index (χ0n) is 8.11. The summed E-state index contributed by atoms with van der Waals surface area (Å²) in [5.41, 5.74) is 1.35. The maximum atomic E-state index is 11.5. The summed E-state index contributed by atoms with van der Waals surface area (Å²) >= 11 is 0. The van der Waals surface area contributed by atoms with E-state index in [1.54, 1.807) is 12.3 Å². The molecule has 4 nitrogen and oxygen atoms in total. The molecule has 2 rings (SSSR count). The largest absolute Gasteiger partial charge is 0.480 e. The molecule has 0 fully saturated rings. The van der Waals surface area contributed by atoms with Gasteiger partial charge < -0.3 is 9.47 Å². The molecule has 4 heteroatoms. The summed E-state index contributed by atoms with van der Waals surface area (Å²) in [6, 6.07) is 1.80. The number of hydrogen-bond donors (Lipinski definition) is 0. The fourth-order valence-electron chi connectivity index (χ4n) is 1.64. The van der Waals surface area contributed by atoms with E-state index in [-0.39, 0.29) is 12.1 Å². The molecule has 0 aromatic carbocycles. The van der Waals surface area contributed by atoms with Crippen molar-refractivity contribution in [3.8, 4) is 5.88 Å². The first-order chi connectivity index (χ1) is 6.77. The van der Waals surface area contributed by atoms with Crippen LogP contribution in [0.3, 0.4) is 0 Å². The van der Waals surface area contributed by atoms with Crippen LogP contribution >= 0.6 is 0 Å². The molecule has 0 bridgehead atoms. The number of methoxy groups -OCH3 is 1. The van der Waals surface area contributed by atoms with Crippen LogP contribution in [-0.2, 0) is 4.74 Å². The lowest BCUT2D eigenvalue weighted by atomic mass is 10.1. The molecule has 1 unspecified atom stereocenters. The predicted octanol–water partition coefficient (Wildman–Crippen LogP) is 1.71. The fourth-order valence-corrected chi connectivity index (χ4v) is 1.64. The highest BCUT2D eigenvalue weighted by Crippen LogP contribution is 2.36. The molecule has 14 heavy (non-hydrogen) atoms. The van der Waals surface area contributed by atoms with Crippen molar-refractivity contribution in [1.29, 1.82) is 0 Å². The van der Waals surface area contributed by atoms with E-state index in [1.165, 1.54) is 7.11 Å². The van der Waals surface area contributed by atoms with Crippen molar-refractivity contribution < 1.29 is 14.3 Å². The van der Waals surface area contributed by atoms with Gasteiger partial charge in [0.15, 0.2) is 0 Å². The summed E-state index contributed by atoms with van der Waals surface area (Å²) in [5, 5.41) is 0. The molecule has 0 radical (unpaired) electrons. The number of ether oxygens (including phenoxy) is 2. The Labute approximate surface area is 81.9 Å². The van der Waals surface area contributed by atoms with Gasteiger partial charge in [-0.25, -0.2) is 9.78 Å². The first-order valence-corrected chi connectivity index (χ1v) is 4.51. The number of carbonyl (C=O) groups is 1. The van der Waals surface area contributed by atoms with E-state index in [1.807, 2.05) is 6.92 Å². The van der Waals surface area contributed by atoms with Crippen molar-refractivity contribution in [2.24, 2.45) is 0 Å². The molecule has 1 aromatic rings. The molecule has 0 N–H and O–H groups in total. The van der Waals surface area contributed by atoms with Crippen molar-refractivity contribution in [2.45, 2.75) is 19.4 Å². The fraction of sp³-hybridized carbons (Fsp3) is 0.400. The van der Waals surface area contributed by atoms with Gasteiger partial charge in [-0.05, 0) is 12.5 Å². The minimum atomic E-state index is -0.336. The number of rotatable bonds is 2. The van der Waals surface area contributed by atoms with Crippen LogP contribution in [0, 0.1) is 0 Å². The zero-order chi connectivity index (χ0) is 10.1. The molecule has 0 saturated heterocycles. The first-order valence-electron chi connectivity index (χ1n) is 4.51. The highest BCUT2D eigenvalue weighted by molar-refractivity contribution is 5.96. The lowest BCUT2D eigenvalue weighted by molar-refractivity contribution is 0.0377. The Balaban J connectivity index is 2.55. The number of hydrogen-bond acceptors (Lipinski definition) is 4. The van der Waals surface area contributed by atoms with Gasteiger partial charge in [0, 0.05) is 11.8 Å². The van der Waals surface area contributed by atoms with Gasteiger partial charge in [-0.1, -0.05) is 6.92 Å². The monoisotopic (exact) mass is 193 g/mol. The number of pyridine rings is 1. The van der Waals surface area contributed by atoms with Crippen molar-refractivity contribution in [3.63, 3.8) is 0 Å².